The van der Waals surface area contributed by atoms with Crippen LogP contribution in [0.4, 0.5) is 10.2 Å². The molecule has 146 valence electrons. The number of hydrogen-bond donors (Lipinski definition) is 1. The van der Waals surface area contributed by atoms with Crippen LogP contribution in [0.25, 0.3) is 0 Å². The maximum absolute atomic E-state index is 12.9. The number of anilines is 1. The fraction of sp³-hybridized carbons (Fsp3) is 0.333. The Morgan fingerprint density at radius 1 is 1.14 bits per heavy atom. The van der Waals surface area contributed by atoms with Crippen molar-refractivity contribution in [2.45, 2.75) is 44.8 Å². The van der Waals surface area contributed by atoms with Crippen molar-refractivity contribution < 1.29 is 18.3 Å². The van der Waals surface area contributed by atoms with Crippen molar-refractivity contribution in [3.8, 4) is 5.75 Å². The Labute approximate surface area is 162 Å². The molecule has 2 aromatic heterocycles. The monoisotopic (exact) mass is 383 g/mol. The molecule has 0 saturated heterocycles. The number of nitrogens with zero attached hydrogens (tertiary/aromatic N) is 2. The van der Waals surface area contributed by atoms with Crippen LogP contribution in [0.15, 0.2) is 53.1 Å². The summed E-state index contributed by atoms with van der Waals surface area (Å²) in [6.45, 7) is 0.152. The lowest BCUT2D eigenvalue weighted by atomic mass is 9.96. The quantitative estimate of drug-likeness (QED) is 0.654. The molecule has 0 atom stereocenters. The third-order valence-electron chi connectivity index (χ3n) is 4.91. The van der Waals surface area contributed by atoms with E-state index in [0.29, 0.717) is 23.4 Å². The molecule has 1 aliphatic carbocycles. The standard InChI is InChI=1S/C21H22FN3O3/c22-15-6-8-17(9-7-15)27-14-18-10-11-19(28-18)21(26)24-20-12-13-23-25(20)16-4-2-1-3-5-16/h6-13,16H,1-5,14H2,(H,24,26). The lowest BCUT2D eigenvalue weighted by Gasteiger charge is -2.23. The second-order valence-electron chi connectivity index (χ2n) is 6.92. The lowest BCUT2D eigenvalue weighted by Crippen LogP contribution is -2.20. The summed E-state index contributed by atoms with van der Waals surface area (Å²) in [4.78, 5) is 12.5. The zero-order valence-electron chi connectivity index (χ0n) is 15.4. The third-order valence-corrected chi connectivity index (χ3v) is 4.91. The zero-order valence-corrected chi connectivity index (χ0v) is 15.4. The van der Waals surface area contributed by atoms with E-state index in [4.69, 9.17) is 9.15 Å². The van der Waals surface area contributed by atoms with Crippen LogP contribution in [0.5, 0.6) is 5.75 Å². The van der Waals surface area contributed by atoms with Crippen molar-refractivity contribution in [2.75, 3.05) is 5.32 Å². The van der Waals surface area contributed by atoms with E-state index in [1.165, 1.54) is 43.5 Å². The maximum atomic E-state index is 12.9. The van der Waals surface area contributed by atoms with Crippen LogP contribution in [0.2, 0.25) is 0 Å². The third kappa shape index (κ3) is 4.24. The van der Waals surface area contributed by atoms with E-state index in [-0.39, 0.29) is 24.1 Å². The highest BCUT2D eigenvalue weighted by Crippen LogP contribution is 2.30. The molecule has 0 radical (unpaired) electrons. The van der Waals surface area contributed by atoms with E-state index in [2.05, 4.69) is 10.4 Å². The minimum Gasteiger partial charge on any atom is -0.486 e. The first-order chi connectivity index (χ1) is 13.7. The van der Waals surface area contributed by atoms with Gasteiger partial charge in [-0.3, -0.25) is 4.79 Å². The van der Waals surface area contributed by atoms with Gasteiger partial charge in [-0.1, -0.05) is 19.3 Å². The van der Waals surface area contributed by atoms with Crippen LogP contribution in [0, 0.1) is 5.82 Å². The Morgan fingerprint density at radius 2 is 1.93 bits per heavy atom. The normalized spacial score (nSPS) is 14.8. The number of amides is 1. The zero-order chi connectivity index (χ0) is 19.3. The number of carbonyl (C=O) groups is 1. The largest absolute Gasteiger partial charge is 0.486 e. The number of benzene rings is 1. The summed E-state index contributed by atoms with van der Waals surface area (Å²) in [6.07, 6.45) is 7.50. The first-order valence-corrected chi connectivity index (χ1v) is 9.51. The van der Waals surface area contributed by atoms with E-state index in [9.17, 15) is 9.18 Å². The van der Waals surface area contributed by atoms with Gasteiger partial charge in [0.05, 0.1) is 12.2 Å². The second-order valence-corrected chi connectivity index (χ2v) is 6.92. The summed E-state index contributed by atoms with van der Waals surface area (Å²) in [5.41, 5.74) is 0. The topological polar surface area (TPSA) is 69.3 Å². The fourth-order valence-corrected chi connectivity index (χ4v) is 3.47. The molecule has 0 unspecified atom stereocenters. The molecule has 1 amide bonds. The van der Waals surface area contributed by atoms with Crippen molar-refractivity contribution in [1.29, 1.82) is 0 Å². The van der Waals surface area contributed by atoms with Crippen molar-refractivity contribution in [3.63, 3.8) is 0 Å². The number of ether oxygens (including phenoxy) is 1. The molecule has 3 aromatic rings. The van der Waals surface area contributed by atoms with Crippen LogP contribution < -0.4 is 10.1 Å². The van der Waals surface area contributed by atoms with E-state index >= 15 is 0 Å². The van der Waals surface area contributed by atoms with Gasteiger partial charge < -0.3 is 14.5 Å². The molecule has 1 aromatic carbocycles. The van der Waals surface area contributed by atoms with Crippen LogP contribution >= 0.6 is 0 Å². The van der Waals surface area contributed by atoms with Gasteiger partial charge >= 0.3 is 0 Å². The highest BCUT2D eigenvalue weighted by Gasteiger charge is 2.20. The summed E-state index contributed by atoms with van der Waals surface area (Å²) in [5, 5.41) is 7.27. The molecule has 4 rings (SSSR count). The van der Waals surface area contributed by atoms with Gasteiger partial charge in [0.15, 0.2) is 5.76 Å². The van der Waals surface area contributed by atoms with Crippen molar-refractivity contribution in [1.82, 2.24) is 9.78 Å². The minimum atomic E-state index is -0.328. The summed E-state index contributed by atoms with van der Waals surface area (Å²) in [6, 6.07) is 11.2. The number of hydrogen-bond acceptors (Lipinski definition) is 4. The van der Waals surface area contributed by atoms with Gasteiger partial charge in [-0.25, -0.2) is 9.07 Å². The highest BCUT2D eigenvalue weighted by atomic mass is 19.1. The van der Waals surface area contributed by atoms with Crippen molar-refractivity contribution >= 4 is 11.7 Å². The molecule has 7 heteroatoms. The molecule has 0 bridgehead atoms. The van der Waals surface area contributed by atoms with E-state index in [0.717, 1.165) is 12.8 Å². The fourth-order valence-electron chi connectivity index (χ4n) is 3.47. The van der Waals surface area contributed by atoms with Crippen LogP contribution in [-0.2, 0) is 6.61 Å². The Morgan fingerprint density at radius 3 is 2.71 bits per heavy atom. The Balaban J connectivity index is 1.37. The Hall–Kier alpha value is -3.09. The van der Waals surface area contributed by atoms with Gasteiger partial charge in [0.2, 0.25) is 0 Å². The molecule has 1 fully saturated rings. The summed E-state index contributed by atoms with van der Waals surface area (Å²) in [7, 11) is 0. The number of furan rings is 1. The predicted octanol–water partition coefficient (Wildman–Crippen LogP) is 4.95. The summed E-state index contributed by atoms with van der Waals surface area (Å²) in [5.74, 6) is 1.27. The summed E-state index contributed by atoms with van der Waals surface area (Å²) >= 11 is 0. The van der Waals surface area contributed by atoms with Crippen LogP contribution in [0.3, 0.4) is 0 Å². The first-order valence-electron chi connectivity index (χ1n) is 9.51. The molecular weight excluding hydrogens is 361 g/mol. The SMILES string of the molecule is O=C(Nc1ccnn1C1CCCCC1)c1ccc(COc2ccc(F)cc2)o1. The number of halogens is 1. The maximum Gasteiger partial charge on any atom is 0.292 e. The average molecular weight is 383 g/mol. The molecular formula is C21H22FN3O3. The smallest absolute Gasteiger partial charge is 0.292 e. The van der Waals surface area contributed by atoms with Crippen molar-refractivity contribution in [2.24, 2.45) is 0 Å². The van der Waals surface area contributed by atoms with E-state index in [1.54, 1.807) is 24.4 Å². The first kappa shape index (κ1) is 18.3. The van der Waals surface area contributed by atoms with E-state index < -0.39 is 0 Å². The molecule has 6 nitrogen and oxygen atoms in total. The number of carbonyl (C=O) groups excluding carboxylic acids is 1. The molecule has 1 N–H and O–H groups in total. The molecule has 1 saturated carbocycles. The van der Waals surface area contributed by atoms with Gasteiger partial charge in [0, 0.05) is 6.07 Å². The van der Waals surface area contributed by atoms with Crippen molar-refractivity contribution in [3.05, 3.63) is 66.0 Å². The van der Waals surface area contributed by atoms with Gasteiger partial charge in [-0.2, -0.15) is 5.10 Å². The van der Waals surface area contributed by atoms with Crippen LogP contribution in [-0.4, -0.2) is 15.7 Å². The average Bonchev–Trinajstić information content (AvgIpc) is 3.38. The van der Waals surface area contributed by atoms with Gasteiger partial charge in [0.1, 0.15) is 29.8 Å². The molecule has 28 heavy (non-hydrogen) atoms. The number of rotatable bonds is 6. The Bertz CT molecular complexity index is 927. The summed E-state index contributed by atoms with van der Waals surface area (Å²) < 4.78 is 25.9. The van der Waals surface area contributed by atoms with Crippen LogP contribution in [0.1, 0.15) is 54.5 Å². The molecule has 1 aliphatic rings. The lowest BCUT2D eigenvalue weighted by molar-refractivity contribution is 0.0991. The highest BCUT2D eigenvalue weighted by molar-refractivity contribution is 6.01. The second kappa shape index (κ2) is 8.29. The molecule has 0 spiro atoms. The predicted molar refractivity (Wildman–Crippen MR) is 102 cm³/mol. The minimum absolute atomic E-state index is 0.152. The van der Waals surface area contributed by atoms with E-state index in [1.807, 2.05) is 4.68 Å². The molecule has 0 aliphatic heterocycles. The van der Waals surface area contributed by atoms with Gasteiger partial charge in [0.25, 0.3) is 5.91 Å². The molecule has 2 heterocycles. The Kier molecular flexibility index (Phi) is 5.41. The van der Waals surface area contributed by atoms with Gasteiger partial charge in [-0.05, 0) is 49.2 Å². The number of nitrogens with one attached hydrogen (secondary N) is 1. The van der Waals surface area contributed by atoms with Gasteiger partial charge in [-0.15, -0.1) is 0 Å². The number of aromatic nitrogens is 2.